The number of aromatic nitrogens is 2. The number of hydrogen-bond acceptors (Lipinski definition) is 3. The summed E-state index contributed by atoms with van der Waals surface area (Å²) in [6, 6.07) is 17.0. The van der Waals surface area contributed by atoms with E-state index in [-0.39, 0.29) is 0 Å². The standard InChI is InChI=1S/C18H16IN3S/c1-23-16-5-3-2-4-14(16)17-15-10-11-20-18(15)22(21-17)13-8-6-12(19)7-9-13/h2-9,20H,10-11H2,1H3. The first-order chi connectivity index (χ1) is 11.3. The van der Waals surface area contributed by atoms with Crippen molar-refractivity contribution in [3.05, 3.63) is 57.7 Å². The van der Waals surface area contributed by atoms with Crippen molar-refractivity contribution in [1.29, 1.82) is 0 Å². The van der Waals surface area contributed by atoms with Crippen LogP contribution in [0, 0.1) is 3.57 Å². The van der Waals surface area contributed by atoms with E-state index in [1.54, 1.807) is 11.8 Å². The highest BCUT2D eigenvalue weighted by Crippen LogP contribution is 2.38. The first-order valence-electron chi connectivity index (χ1n) is 7.53. The molecule has 0 saturated heterocycles. The van der Waals surface area contributed by atoms with E-state index in [1.165, 1.54) is 19.6 Å². The van der Waals surface area contributed by atoms with Gasteiger partial charge in [0.2, 0.25) is 0 Å². The summed E-state index contributed by atoms with van der Waals surface area (Å²) >= 11 is 4.10. The van der Waals surface area contributed by atoms with Crippen LogP contribution in [0.4, 0.5) is 5.82 Å². The minimum absolute atomic E-state index is 0.978. The number of rotatable bonds is 3. The fourth-order valence-corrected chi connectivity index (χ4v) is 3.96. The van der Waals surface area contributed by atoms with E-state index < -0.39 is 0 Å². The van der Waals surface area contributed by atoms with Gasteiger partial charge in [-0.05, 0) is 65.6 Å². The van der Waals surface area contributed by atoms with Crippen molar-refractivity contribution >= 4 is 40.2 Å². The molecule has 0 spiro atoms. The van der Waals surface area contributed by atoms with Crippen LogP contribution in [-0.2, 0) is 6.42 Å². The van der Waals surface area contributed by atoms with Crippen molar-refractivity contribution in [2.75, 3.05) is 18.1 Å². The lowest BCUT2D eigenvalue weighted by Crippen LogP contribution is -2.04. The zero-order valence-electron chi connectivity index (χ0n) is 12.7. The summed E-state index contributed by atoms with van der Waals surface area (Å²) in [5, 5.41) is 8.45. The van der Waals surface area contributed by atoms with Crippen molar-refractivity contribution < 1.29 is 0 Å². The number of fused-ring (bicyclic) bond motifs is 1. The summed E-state index contributed by atoms with van der Waals surface area (Å²) in [4.78, 5) is 1.27. The number of nitrogens with zero attached hydrogens (tertiary/aromatic N) is 2. The lowest BCUT2D eigenvalue weighted by atomic mass is 10.1. The van der Waals surface area contributed by atoms with Crippen molar-refractivity contribution in [3.8, 4) is 16.9 Å². The highest BCUT2D eigenvalue weighted by Gasteiger charge is 2.24. The Morgan fingerprint density at radius 2 is 1.91 bits per heavy atom. The van der Waals surface area contributed by atoms with Gasteiger partial charge in [-0.3, -0.25) is 0 Å². The summed E-state index contributed by atoms with van der Waals surface area (Å²) < 4.78 is 3.28. The summed E-state index contributed by atoms with van der Waals surface area (Å²) in [6.45, 7) is 0.978. The van der Waals surface area contributed by atoms with Crippen LogP contribution in [-0.4, -0.2) is 22.6 Å². The fourth-order valence-electron chi connectivity index (χ4n) is 3.00. The summed E-state index contributed by atoms with van der Waals surface area (Å²) in [6.07, 6.45) is 3.14. The van der Waals surface area contributed by atoms with Crippen LogP contribution in [0.15, 0.2) is 53.4 Å². The van der Waals surface area contributed by atoms with Gasteiger partial charge >= 0.3 is 0 Å². The van der Waals surface area contributed by atoms with E-state index >= 15 is 0 Å². The van der Waals surface area contributed by atoms with Gasteiger partial charge in [-0.25, -0.2) is 4.68 Å². The second kappa shape index (κ2) is 6.20. The van der Waals surface area contributed by atoms with Crippen molar-refractivity contribution in [2.24, 2.45) is 0 Å². The molecule has 116 valence electrons. The molecular formula is C18H16IN3S. The van der Waals surface area contributed by atoms with Crippen molar-refractivity contribution in [3.63, 3.8) is 0 Å². The van der Waals surface area contributed by atoms with Gasteiger partial charge in [-0.15, -0.1) is 11.8 Å². The quantitative estimate of drug-likeness (QED) is 0.474. The van der Waals surface area contributed by atoms with E-state index in [9.17, 15) is 0 Å². The van der Waals surface area contributed by atoms with Crippen molar-refractivity contribution in [1.82, 2.24) is 9.78 Å². The molecule has 0 amide bonds. The van der Waals surface area contributed by atoms with Gasteiger partial charge in [0.25, 0.3) is 0 Å². The topological polar surface area (TPSA) is 29.9 Å². The van der Waals surface area contributed by atoms with Gasteiger partial charge in [-0.1, -0.05) is 18.2 Å². The average Bonchev–Trinajstić information content (AvgIpc) is 3.18. The first-order valence-corrected chi connectivity index (χ1v) is 9.83. The number of thioether (sulfide) groups is 1. The molecule has 0 aliphatic carbocycles. The molecular weight excluding hydrogens is 417 g/mol. The maximum Gasteiger partial charge on any atom is 0.133 e. The molecule has 0 fully saturated rings. The number of nitrogens with one attached hydrogen (secondary N) is 1. The Morgan fingerprint density at radius 3 is 2.70 bits per heavy atom. The largest absolute Gasteiger partial charge is 0.369 e. The van der Waals surface area contributed by atoms with Crippen LogP contribution in [0.25, 0.3) is 16.9 Å². The second-order valence-corrected chi connectivity index (χ2v) is 7.53. The highest BCUT2D eigenvalue weighted by atomic mass is 127. The molecule has 1 aliphatic heterocycles. The predicted octanol–water partition coefficient (Wildman–Crippen LogP) is 4.83. The molecule has 0 radical (unpaired) electrons. The van der Waals surface area contributed by atoms with Gasteiger partial charge in [0.1, 0.15) is 5.82 Å². The molecule has 2 heterocycles. The van der Waals surface area contributed by atoms with Gasteiger partial charge in [0.15, 0.2) is 0 Å². The number of halogens is 1. The average molecular weight is 433 g/mol. The van der Waals surface area contributed by atoms with E-state index in [0.717, 1.165) is 30.2 Å². The van der Waals surface area contributed by atoms with Crippen molar-refractivity contribution in [2.45, 2.75) is 11.3 Å². The molecule has 0 unspecified atom stereocenters. The third kappa shape index (κ3) is 2.65. The SMILES string of the molecule is CSc1ccccc1-c1nn(-c2ccc(I)cc2)c2c1CCN2. The predicted molar refractivity (Wildman–Crippen MR) is 106 cm³/mol. The van der Waals surface area contributed by atoms with Crippen LogP contribution >= 0.6 is 34.4 Å². The molecule has 23 heavy (non-hydrogen) atoms. The molecule has 5 heteroatoms. The summed E-state index contributed by atoms with van der Waals surface area (Å²) in [5.74, 6) is 1.14. The number of hydrogen-bond donors (Lipinski definition) is 1. The molecule has 1 N–H and O–H groups in total. The third-order valence-electron chi connectivity index (χ3n) is 4.08. The van der Waals surface area contributed by atoms with Crippen LogP contribution in [0.1, 0.15) is 5.56 Å². The molecule has 1 aromatic heterocycles. The normalized spacial score (nSPS) is 13.0. The van der Waals surface area contributed by atoms with Crippen LogP contribution in [0.3, 0.4) is 0 Å². The Balaban J connectivity index is 1.90. The highest BCUT2D eigenvalue weighted by molar-refractivity contribution is 14.1. The molecule has 0 atom stereocenters. The Labute approximate surface area is 153 Å². The summed E-state index contributed by atoms with van der Waals surface area (Å²) in [7, 11) is 0. The zero-order chi connectivity index (χ0) is 15.8. The van der Waals surface area contributed by atoms with E-state index in [2.05, 4.69) is 82.7 Å². The van der Waals surface area contributed by atoms with Gasteiger partial charge in [0.05, 0.1) is 11.4 Å². The molecule has 2 aromatic carbocycles. The van der Waals surface area contributed by atoms with Gasteiger partial charge < -0.3 is 5.32 Å². The summed E-state index contributed by atoms with van der Waals surface area (Å²) in [5.41, 5.74) is 4.76. The zero-order valence-corrected chi connectivity index (χ0v) is 15.7. The van der Waals surface area contributed by atoms with Crippen LogP contribution < -0.4 is 5.32 Å². The number of anilines is 1. The Kier molecular flexibility index (Phi) is 4.07. The van der Waals surface area contributed by atoms with Crippen LogP contribution in [0.2, 0.25) is 0 Å². The minimum atomic E-state index is 0.978. The second-order valence-electron chi connectivity index (χ2n) is 5.44. The number of benzene rings is 2. The van der Waals surface area contributed by atoms with E-state index in [0.29, 0.717) is 0 Å². The molecule has 3 aromatic rings. The molecule has 0 saturated carbocycles. The van der Waals surface area contributed by atoms with Gasteiger partial charge in [-0.2, -0.15) is 5.10 Å². The monoisotopic (exact) mass is 433 g/mol. The Hall–Kier alpha value is -1.47. The van der Waals surface area contributed by atoms with E-state index in [4.69, 9.17) is 5.10 Å². The fraction of sp³-hybridized carbons (Fsp3) is 0.167. The Morgan fingerprint density at radius 1 is 1.13 bits per heavy atom. The minimum Gasteiger partial charge on any atom is -0.369 e. The lowest BCUT2D eigenvalue weighted by Gasteiger charge is -2.07. The Bertz CT molecular complexity index is 855. The van der Waals surface area contributed by atoms with E-state index in [1.807, 2.05) is 4.68 Å². The first kappa shape index (κ1) is 15.1. The lowest BCUT2D eigenvalue weighted by molar-refractivity contribution is 0.881. The molecule has 4 rings (SSSR count). The maximum absolute atomic E-state index is 4.95. The molecule has 1 aliphatic rings. The van der Waals surface area contributed by atoms with Crippen LogP contribution in [0.5, 0.6) is 0 Å². The molecule has 0 bridgehead atoms. The smallest absolute Gasteiger partial charge is 0.133 e. The molecule has 3 nitrogen and oxygen atoms in total. The van der Waals surface area contributed by atoms with Gasteiger partial charge in [0, 0.05) is 26.1 Å². The maximum atomic E-state index is 4.95. The third-order valence-corrected chi connectivity index (χ3v) is 5.60.